The third-order valence-electron chi connectivity index (χ3n) is 2.79. The average molecular weight is 333 g/mol. The van der Waals surface area contributed by atoms with Crippen LogP contribution in [0, 0.1) is 11.3 Å². The summed E-state index contributed by atoms with van der Waals surface area (Å²) in [6, 6.07) is 5.30. The van der Waals surface area contributed by atoms with E-state index in [9.17, 15) is 18.4 Å². The molecule has 3 nitrogen and oxygen atoms in total. The summed E-state index contributed by atoms with van der Waals surface area (Å²) in [5.74, 6) is 0. The van der Waals surface area contributed by atoms with Gasteiger partial charge < -0.3 is 0 Å². The quantitative estimate of drug-likeness (QED) is 0.449. The molecule has 7 heteroatoms. The zero-order valence-electron chi connectivity index (χ0n) is 11.8. The van der Waals surface area contributed by atoms with Gasteiger partial charge in [-0.05, 0) is 42.6 Å². The van der Waals surface area contributed by atoms with Gasteiger partial charge in [0, 0.05) is 6.20 Å². The Morgan fingerprint density at radius 3 is 2.74 bits per heavy atom. The Balaban J connectivity index is 2.45. The Bertz CT molecular complexity index is 867. The number of nitriles is 1. The van der Waals surface area contributed by atoms with Gasteiger partial charge in [-0.15, -0.1) is 11.3 Å². The van der Waals surface area contributed by atoms with Gasteiger partial charge in [0.05, 0.1) is 21.4 Å². The first-order chi connectivity index (χ1) is 10.8. The van der Waals surface area contributed by atoms with Gasteiger partial charge in [0.25, 0.3) is 0 Å². The summed E-state index contributed by atoms with van der Waals surface area (Å²) in [7, 11) is 0. The number of fused-ring (bicyclic) bond motifs is 1. The molecular weight excluding hydrogens is 323 g/mol. The van der Waals surface area contributed by atoms with E-state index in [1.165, 1.54) is 18.3 Å². The molecule has 1 aromatic heterocycles. The molecule has 1 heterocycles. The van der Waals surface area contributed by atoms with Crippen molar-refractivity contribution in [2.75, 3.05) is 0 Å². The first-order valence-corrected chi connectivity index (χ1v) is 7.08. The number of hydrogen-bond donors (Lipinski definition) is 0. The molecule has 0 spiro atoms. The first kappa shape index (κ1) is 16.6. The molecule has 0 aliphatic heterocycles. The monoisotopic (exact) mass is 333 g/mol. The summed E-state index contributed by atoms with van der Waals surface area (Å²) in [5.41, 5.74) is 0.159. The summed E-state index contributed by atoms with van der Waals surface area (Å²) in [4.78, 5) is 7.64. The van der Waals surface area contributed by atoms with Gasteiger partial charge in [-0.1, -0.05) is 6.58 Å². The lowest BCUT2D eigenvalue weighted by Crippen LogP contribution is -2.03. The van der Waals surface area contributed by atoms with E-state index in [0.29, 0.717) is 15.3 Å². The molecule has 0 radical (unpaired) electrons. The van der Waals surface area contributed by atoms with Gasteiger partial charge >= 0.3 is 6.18 Å². The summed E-state index contributed by atoms with van der Waals surface area (Å²) in [6.45, 7) is 7.01. The highest BCUT2D eigenvalue weighted by atomic mass is 32.1. The molecule has 0 bridgehead atoms. The molecule has 0 saturated carbocycles. The maximum atomic E-state index is 12.7. The molecule has 2 aromatic rings. The zero-order chi connectivity index (χ0) is 17.0. The number of thiazole rings is 1. The molecule has 0 aliphatic carbocycles. The molecule has 0 atom stereocenters. The number of halogens is 3. The molecule has 0 N–H and O–H groups in total. The van der Waals surface area contributed by atoms with E-state index in [1.807, 2.05) is 6.07 Å². The second-order valence-corrected chi connectivity index (χ2v) is 5.47. The molecule has 1 aromatic carbocycles. The van der Waals surface area contributed by atoms with Crippen LogP contribution < -0.4 is 0 Å². The van der Waals surface area contributed by atoms with Crippen LogP contribution in [0.1, 0.15) is 10.6 Å². The summed E-state index contributed by atoms with van der Waals surface area (Å²) >= 11 is 1.14. The fourth-order valence-corrected chi connectivity index (χ4v) is 2.65. The molecule has 0 saturated heterocycles. The van der Waals surface area contributed by atoms with Crippen molar-refractivity contribution in [1.29, 1.82) is 5.26 Å². The Labute approximate surface area is 134 Å². The van der Waals surface area contributed by atoms with E-state index >= 15 is 0 Å². The maximum Gasteiger partial charge on any atom is 0.416 e. The van der Waals surface area contributed by atoms with E-state index in [0.717, 1.165) is 23.5 Å². The number of benzene rings is 1. The van der Waals surface area contributed by atoms with Crippen LogP contribution in [0.3, 0.4) is 0 Å². The van der Waals surface area contributed by atoms with Gasteiger partial charge in [-0.25, -0.2) is 4.98 Å². The molecule has 0 amide bonds. The number of alkyl halides is 3. The Morgan fingerprint density at radius 2 is 2.13 bits per heavy atom. The number of aliphatic imine (C=N–C) groups is 1. The number of aromatic nitrogens is 1. The fourth-order valence-electron chi connectivity index (χ4n) is 1.74. The van der Waals surface area contributed by atoms with Crippen LogP contribution in [0.4, 0.5) is 13.2 Å². The van der Waals surface area contributed by atoms with Gasteiger partial charge in [-0.2, -0.15) is 18.4 Å². The lowest BCUT2D eigenvalue weighted by atomic mass is 10.2. The van der Waals surface area contributed by atoms with Crippen LogP contribution >= 0.6 is 11.3 Å². The second kappa shape index (κ2) is 6.58. The van der Waals surface area contributed by atoms with Crippen molar-refractivity contribution < 1.29 is 13.2 Å². The van der Waals surface area contributed by atoms with Gasteiger partial charge in [0.2, 0.25) is 0 Å². The standard InChI is InChI=1S/C16H10F3N3S/c1-10(5-6-21-2)7-11(9-20)15-22-13-8-12(16(17,18)19)3-4-14(13)23-15/h3-8H,1-2H2/b6-5-,11-7+. The van der Waals surface area contributed by atoms with Crippen molar-refractivity contribution in [3.05, 3.63) is 59.3 Å². The number of hydrogen-bond acceptors (Lipinski definition) is 4. The lowest BCUT2D eigenvalue weighted by Gasteiger charge is -2.04. The van der Waals surface area contributed by atoms with Gasteiger partial charge in [0.15, 0.2) is 0 Å². The summed E-state index contributed by atoms with van der Waals surface area (Å²) in [5, 5.41) is 9.57. The van der Waals surface area contributed by atoms with Gasteiger partial charge in [0.1, 0.15) is 11.1 Å². The highest BCUT2D eigenvalue weighted by Gasteiger charge is 2.30. The molecule has 23 heavy (non-hydrogen) atoms. The highest BCUT2D eigenvalue weighted by Crippen LogP contribution is 2.34. The predicted molar refractivity (Wildman–Crippen MR) is 86.0 cm³/mol. The van der Waals surface area contributed by atoms with Crippen molar-refractivity contribution >= 4 is 33.8 Å². The minimum Gasteiger partial charge on any atom is -0.272 e. The largest absolute Gasteiger partial charge is 0.416 e. The highest BCUT2D eigenvalue weighted by molar-refractivity contribution is 7.19. The topological polar surface area (TPSA) is 49.0 Å². The lowest BCUT2D eigenvalue weighted by molar-refractivity contribution is -0.137. The van der Waals surface area contributed by atoms with Crippen molar-refractivity contribution in [1.82, 2.24) is 4.98 Å². The Kier molecular flexibility index (Phi) is 4.77. The molecular formula is C16H10F3N3S. The van der Waals surface area contributed by atoms with Crippen LogP contribution in [-0.4, -0.2) is 11.7 Å². The van der Waals surface area contributed by atoms with E-state index < -0.39 is 11.7 Å². The molecule has 2 rings (SSSR count). The van der Waals surface area contributed by atoms with E-state index in [1.54, 1.807) is 6.08 Å². The van der Waals surface area contributed by atoms with Crippen LogP contribution in [0.2, 0.25) is 0 Å². The summed E-state index contributed by atoms with van der Waals surface area (Å²) < 4.78 is 38.7. The van der Waals surface area contributed by atoms with Crippen LogP contribution in [-0.2, 0) is 6.18 Å². The van der Waals surface area contributed by atoms with Gasteiger partial charge in [-0.3, -0.25) is 4.99 Å². The Hall–Kier alpha value is -2.72. The van der Waals surface area contributed by atoms with Crippen molar-refractivity contribution in [2.45, 2.75) is 6.18 Å². The number of nitrogens with zero attached hydrogens (tertiary/aromatic N) is 3. The van der Waals surface area contributed by atoms with Crippen molar-refractivity contribution in [3.63, 3.8) is 0 Å². The first-order valence-electron chi connectivity index (χ1n) is 6.26. The van der Waals surface area contributed by atoms with Crippen molar-refractivity contribution in [2.24, 2.45) is 4.99 Å². The second-order valence-electron chi connectivity index (χ2n) is 4.44. The smallest absolute Gasteiger partial charge is 0.272 e. The molecule has 116 valence electrons. The van der Waals surface area contributed by atoms with Crippen LogP contribution in [0.15, 0.2) is 53.7 Å². The zero-order valence-corrected chi connectivity index (χ0v) is 12.6. The van der Waals surface area contributed by atoms with Crippen LogP contribution in [0.5, 0.6) is 0 Å². The normalized spacial score (nSPS) is 12.5. The predicted octanol–water partition coefficient (Wildman–Crippen LogP) is 4.99. The maximum absolute atomic E-state index is 12.7. The molecule has 0 unspecified atom stereocenters. The van der Waals surface area contributed by atoms with E-state index in [-0.39, 0.29) is 11.1 Å². The Morgan fingerprint density at radius 1 is 1.39 bits per heavy atom. The minimum absolute atomic E-state index is 0.204. The van der Waals surface area contributed by atoms with E-state index in [2.05, 4.69) is 23.3 Å². The third kappa shape index (κ3) is 3.93. The SMILES string of the molecule is C=N/C=C\C(=C)/C=C(\C#N)c1nc2cc(C(F)(F)F)ccc2s1. The third-order valence-corrected chi connectivity index (χ3v) is 3.86. The number of allylic oxidation sites excluding steroid dienone is 4. The number of rotatable bonds is 4. The molecule has 0 fully saturated rings. The van der Waals surface area contributed by atoms with Crippen LogP contribution in [0.25, 0.3) is 15.8 Å². The molecule has 0 aliphatic rings. The average Bonchev–Trinajstić information content (AvgIpc) is 2.92. The minimum atomic E-state index is -4.43. The van der Waals surface area contributed by atoms with Crippen molar-refractivity contribution in [3.8, 4) is 6.07 Å². The fraction of sp³-hybridized carbons (Fsp3) is 0.0625. The van der Waals surface area contributed by atoms with E-state index in [4.69, 9.17) is 0 Å². The summed E-state index contributed by atoms with van der Waals surface area (Å²) in [6.07, 6.45) is 0.0356.